The van der Waals surface area contributed by atoms with E-state index in [0.717, 1.165) is 17.9 Å². The maximum Gasteiger partial charge on any atom is 0.216 e. The number of hydrogen-bond acceptors (Lipinski definition) is 4. The summed E-state index contributed by atoms with van der Waals surface area (Å²) < 4.78 is 5.28. The normalized spacial score (nSPS) is 10.1. The molecule has 0 fully saturated rings. The molecular weight excluding hydrogens is 166 g/mol. The number of aryl methyl sites for hydroxylation is 1. The van der Waals surface area contributed by atoms with Gasteiger partial charge in [0.2, 0.25) is 5.88 Å². The van der Waals surface area contributed by atoms with Gasteiger partial charge in [0, 0.05) is 18.2 Å². The molecule has 0 unspecified atom stereocenters. The molecule has 1 heterocycles. The van der Waals surface area contributed by atoms with Crippen molar-refractivity contribution in [3.63, 3.8) is 0 Å². The zero-order valence-electron chi connectivity index (χ0n) is 8.08. The summed E-state index contributed by atoms with van der Waals surface area (Å²) in [6.45, 7) is 5.00. The minimum Gasteiger partial charge on any atom is -0.478 e. The molecule has 0 aromatic carbocycles. The number of aromatic nitrogens is 2. The molecule has 4 nitrogen and oxygen atoms in total. The Hall–Kier alpha value is -1.16. The summed E-state index contributed by atoms with van der Waals surface area (Å²) in [4.78, 5) is 8.37. The highest BCUT2D eigenvalue weighted by atomic mass is 16.5. The summed E-state index contributed by atoms with van der Waals surface area (Å²) in [6.07, 6.45) is 0.767. The van der Waals surface area contributed by atoms with Crippen LogP contribution < -0.4 is 10.5 Å². The van der Waals surface area contributed by atoms with Crippen molar-refractivity contribution in [2.45, 2.75) is 20.3 Å². The molecular formula is C9H15N3O. The van der Waals surface area contributed by atoms with Crippen LogP contribution in [-0.4, -0.2) is 23.1 Å². The first-order chi connectivity index (χ1) is 6.26. The standard InChI is InChI=1S/C9H15N3O/c1-3-13-9-6-8(4-5-10)11-7(2)12-9/h6H,3-5,10H2,1-2H3. The highest BCUT2D eigenvalue weighted by Crippen LogP contribution is 2.09. The Kier molecular flexibility index (Phi) is 3.64. The average Bonchev–Trinajstić information content (AvgIpc) is 2.04. The number of rotatable bonds is 4. The molecule has 2 N–H and O–H groups in total. The van der Waals surface area contributed by atoms with E-state index in [1.807, 2.05) is 19.9 Å². The molecule has 0 aliphatic carbocycles. The van der Waals surface area contributed by atoms with Gasteiger partial charge in [-0.1, -0.05) is 0 Å². The summed E-state index contributed by atoms with van der Waals surface area (Å²) >= 11 is 0. The van der Waals surface area contributed by atoms with E-state index in [4.69, 9.17) is 10.5 Å². The molecule has 0 atom stereocenters. The first kappa shape index (κ1) is 9.92. The van der Waals surface area contributed by atoms with Gasteiger partial charge in [0.1, 0.15) is 5.82 Å². The third kappa shape index (κ3) is 2.99. The number of ether oxygens (including phenoxy) is 1. The van der Waals surface area contributed by atoms with Crippen LogP contribution >= 0.6 is 0 Å². The van der Waals surface area contributed by atoms with E-state index >= 15 is 0 Å². The predicted molar refractivity (Wildman–Crippen MR) is 50.7 cm³/mol. The Morgan fingerprint density at radius 3 is 2.85 bits per heavy atom. The van der Waals surface area contributed by atoms with Gasteiger partial charge in [0.25, 0.3) is 0 Å². The number of nitrogens with zero attached hydrogens (tertiary/aromatic N) is 2. The summed E-state index contributed by atoms with van der Waals surface area (Å²) in [5.41, 5.74) is 6.38. The van der Waals surface area contributed by atoms with Crippen molar-refractivity contribution >= 4 is 0 Å². The molecule has 0 spiro atoms. The van der Waals surface area contributed by atoms with Crippen LogP contribution in [0.4, 0.5) is 0 Å². The van der Waals surface area contributed by atoms with Gasteiger partial charge in [-0.05, 0) is 20.4 Å². The number of hydrogen-bond donors (Lipinski definition) is 1. The van der Waals surface area contributed by atoms with E-state index in [2.05, 4.69) is 9.97 Å². The second kappa shape index (κ2) is 4.77. The Bertz CT molecular complexity index is 251. The zero-order valence-corrected chi connectivity index (χ0v) is 8.08. The van der Waals surface area contributed by atoms with Crippen LogP contribution in [0.15, 0.2) is 6.07 Å². The van der Waals surface area contributed by atoms with Crippen molar-refractivity contribution < 1.29 is 4.74 Å². The van der Waals surface area contributed by atoms with Gasteiger partial charge < -0.3 is 10.5 Å². The maximum atomic E-state index is 5.43. The Balaban J connectivity index is 2.83. The van der Waals surface area contributed by atoms with Gasteiger partial charge in [0.05, 0.1) is 6.61 Å². The average molecular weight is 181 g/mol. The van der Waals surface area contributed by atoms with Crippen LogP contribution in [-0.2, 0) is 6.42 Å². The Labute approximate surface area is 78.1 Å². The van der Waals surface area contributed by atoms with Crippen molar-refractivity contribution in [1.82, 2.24) is 9.97 Å². The summed E-state index contributed by atoms with van der Waals surface area (Å²) in [6, 6.07) is 1.84. The fourth-order valence-corrected chi connectivity index (χ4v) is 1.10. The third-order valence-corrected chi connectivity index (χ3v) is 1.56. The van der Waals surface area contributed by atoms with Crippen LogP contribution in [0, 0.1) is 6.92 Å². The monoisotopic (exact) mass is 181 g/mol. The smallest absolute Gasteiger partial charge is 0.216 e. The van der Waals surface area contributed by atoms with Crippen molar-refractivity contribution in [2.24, 2.45) is 5.73 Å². The van der Waals surface area contributed by atoms with Gasteiger partial charge >= 0.3 is 0 Å². The Morgan fingerprint density at radius 2 is 2.23 bits per heavy atom. The Morgan fingerprint density at radius 1 is 1.46 bits per heavy atom. The topological polar surface area (TPSA) is 61.0 Å². The lowest BCUT2D eigenvalue weighted by Gasteiger charge is -2.05. The van der Waals surface area contributed by atoms with Crippen LogP contribution in [0.3, 0.4) is 0 Å². The summed E-state index contributed by atoms with van der Waals surface area (Å²) in [7, 11) is 0. The largest absolute Gasteiger partial charge is 0.478 e. The van der Waals surface area contributed by atoms with E-state index < -0.39 is 0 Å². The lowest BCUT2D eigenvalue weighted by atomic mass is 10.3. The highest BCUT2D eigenvalue weighted by Gasteiger charge is 2.00. The lowest BCUT2D eigenvalue weighted by Crippen LogP contribution is -2.07. The molecule has 0 aliphatic heterocycles. The number of nitrogens with two attached hydrogens (primary N) is 1. The van der Waals surface area contributed by atoms with Crippen LogP contribution in [0.1, 0.15) is 18.4 Å². The second-order valence-corrected chi connectivity index (χ2v) is 2.72. The summed E-state index contributed by atoms with van der Waals surface area (Å²) in [5.74, 6) is 1.37. The third-order valence-electron chi connectivity index (χ3n) is 1.56. The molecule has 0 amide bonds. The predicted octanol–water partition coefficient (Wildman–Crippen LogP) is 0.685. The molecule has 0 radical (unpaired) electrons. The zero-order chi connectivity index (χ0) is 9.68. The van der Waals surface area contributed by atoms with Gasteiger partial charge in [-0.25, -0.2) is 4.98 Å². The fourth-order valence-electron chi connectivity index (χ4n) is 1.10. The molecule has 72 valence electrons. The van der Waals surface area contributed by atoms with Crippen LogP contribution in [0.5, 0.6) is 5.88 Å². The van der Waals surface area contributed by atoms with E-state index in [9.17, 15) is 0 Å². The van der Waals surface area contributed by atoms with Crippen molar-refractivity contribution in [3.8, 4) is 5.88 Å². The molecule has 0 saturated heterocycles. The molecule has 1 aromatic heterocycles. The van der Waals surface area contributed by atoms with E-state index in [1.54, 1.807) is 0 Å². The minimum atomic E-state index is 0.599. The fraction of sp³-hybridized carbons (Fsp3) is 0.556. The molecule has 0 aliphatic rings. The molecule has 1 aromatic rings. The van der Waals surface area contributed by atoms with E-state index in [0.29, 0.717) is 19.0 Å². The lowest BCUT2D eigenvalue weighted by molar-refractivity contribution is 0.324. The first-order valence-corrected chi connectivity index (χ1v) is 4.43. The molecule has 13 heavy (non-hydrogen) atoms. The van der Waals surface area contributed by atoms with E-state index in [1.165, 1.54) is 0 Å². The first-order valence-electron chi connectivity index (χ1n) is 4.43. The molecule has 4 heteroatoms. The van der Waals surface area contributed by atoms with Crippen molar-refractivity contribution in [2.75, 3.05) is 13.2 Å². The van der Waals surface area contributed by atoms with Gasteiger partial charge in [-0.2, -0.15) is 4.98 Å². The summed E-state index contributed by atoms with van der Waals surface area (Å²) in [5, 5.41) is 0. The maximum absolute atomic E-state index is 5.43. The second-order valence-electron chi connectivity index (χ2n) is 2.72. The molecule has 1 rings (SSSR count). The van der Waals surface area contributed by atoms with Gasteiger partial charge in [-0.15, -0.1) is 0 Å². The van der Waals surface area contributed by atoms with E-state index in [-0.39, 0.29) is 0 Å². The van der Waals surface area contributed by atoms with Crippen LogP contribution in [0.2, 0.25) is 0 Å². The molecule has 0 saturated carbocycles. The SMILES string of the molecule is CCOc1cc(CCN)nc(C)n1. The van der Waals surface area contributed by atoms with Gasteiger partial charge in [0.15, 0.2) is 0 Å². The molecule has 0 bridgehead atoms. The highest BCUT2D eigenvalue weighted by molar-refractivity contribution is 5.16. The van der Waals surface area contributed by atoms with Crippen molar-refractivity contribution in [3.05, 3.63) is 17.6 Å². The van der Waals surface area contributed by atoms with Gasteiger partial charge in [-0.3, -0.25) is 0 Å². The van der Waals surface area contributed by atoms with Crippen LogP contribution in [0.25, 0.3) is 0 Å². The van der Waals surface area contributed by atoms with Crippen molar-refractivity contribution in [1.29, 1.82) is 0 Å². The minimum absolute atomic E-state index is 0.599. The quantitative estimate of drug-likeness (QED) is 0.742.